The van der Waals surface area contributed by atoms with Crippen LogP contribution in [0.25, 0.3) is 0 Å². The van der Waals surface area contributed by atoms with Crippen LogP contribution in [0.3, 0.4) is 0 Å². The van der Waals surface area contributed by atoms with Crippen LogP contribution in [-0.2, 0) is 29.7 Å². The summed E-state index contributed by atoms with van der Waals surface area (Å²) in [4.78, 5) is 25.4. The van der Waals surface area contributed by atoms with E-state index < -0.39 is 0 Å². The molecule has 7 nitrogen and oxygen atoms in total. The fraction of sp³-hybridized carbons (Fsp3) is 0.643. The van der Waals surface area contributed by atoms with E-state index in [1.165, 1.54) is 0 Å². The summed E-state index contributed by atoms with van der Waals surface area (Å²) in [7, 11) is 1.85. The summed E-state index contributed by atoms with van der Waals surface area (Å²) >= 11 is 0. The Morgan fingerprint density at radius 3 is 2.95 bits per heavy atom. The Morgan fingerprint density at radius 2 is 2.29 bits per heavy atom. The van der Waals surface area contributed by atoms with Crippen LogP contribution in [0.15, 0.2) is 0 Å². The molecule has 2 aliphatic heterocycles. The van der Waals surface area contributed by atoms with Gasteiger partial charge in [-0.25, -0.2) is 4.79 Å². The highest BCUT2D eigenvalue weighted by molar-refractivity contribution is 5.89. The van der Waals surface area contributed by atoms with Gasteiger partial charge in [0.2, 0.25) is 5.91 Å². The molecule has 0 bridgehead atoms. The first kappa shape index (κ1) is 14.1. The Balaban J connectivity index is 1.70. The van der Waals surface area contributed by atoms with E-state index in [1.54, 1.807) is 11.6 Å². The number of esters is 1. The molecule has 1 atom stereocenters. The molecule has 0 unspecified atom stereocenters. The highest BCUT2D eigenvalue weighted by Crippen LogP contribution is 2.26. The Hall–Kier alpha value is -1.89. The monoisotopic (exact) mass is 292 g/mol. The second-order valence-corrected chi connectivity index (χ2v) is 5.59. The zero-order chi connectivity index (χ0) is 15.0. The van der Waals surface area contributed by atoms with E-state index in [2.05, 4.69) is 15.3 Å². The second-order valence-electron chi connectivity index (χ2n) is 5.59. The molecule has 1 saturated heterocycles. The van der Waals surface area contributed by atoms with E-state index in [4.69, 9.17) is 4.74 Å². The summed E-state index contributed by atoms with van der Waals surface area (Å²) in [6, 6.07) is 0.214. The number of hydrogen-bond acceptors (Lipinski definition) is 5. The zero-order valence-corrected chi connectivity index (χ0v) is 12.4. The number of amides is 1. The van der Waals surface area contributed by atoms with Gasteiger partial charge >= 0.3 is 5.97 Å². The number of fused-ring (bicyclic) bond motifs is 1. The first-order valence-electron chi connectivity index (χ1n) is 7.32. The van der Waals surface area contributed by atoms with E-state index in [-0.39, 0.29) is 17.9 Å². The number of rotatable bonds is 4. The Bertz CT molecular complexity index is 581. The second kappa shape index (κ2) is 5.48. The smallest absolute Gasteiger partial charge is 0.359 e. The number of carbonyl (C=O) groups is 2. The first-order chi connectivity index (χ1) is 10.1. The lowest BCUT2D eigenvalue weighted by molar-refractivity contribution is -0.119. The Morgan fingerprint density at radius 1 is 1.48 bits per heavy atom. The van der Waals surface area contributed by atoms with Crippen molar-refractivity contribution in [1.82, 2.24) is 20.0 Å². The fourth-order valence-corrected chi connectivity index (χ4v) is 3.08. The summed E-state index contributed by atoms with van der Waals surface area (Å²) < 4.78 is 6.82. The van der Waals surface area contributed by atoms with Crippen molar-refractivity contribution in [2.45, 2.75) is 38.9 Å². The summed E-state index contributed by atoms with van der Waals surface area (Å²) in [5.41, 5.74) is 2.44. The van der Waals surface area contributed by atoms with Gasteiger partial charge in [0.05, 0.1) is 12.3 Å². The summed E-state index contributed by atoms with van der Waals surface area (Å²) in [5, 5.41) is 7.25. The van der Waals surface area contributed by atoms with Crippen molar-refractivity contribution in [3.05, 3.63) is 17.0 Å². The minimum absolute atomic E-state index is 0.130. The van der Waals surface area contributed by atoms with E-state index in [1.807, 2.05) is 7.05 Å². The Kier molecular flexibility index (Phi) is 3.67. The van der Waals surface area contributed by atoms with Crippen molar-refractivity contribution >= 4 is 11.9 Å². The lowest BCUT2D eigenvalue weighted by Crippen LogP contribution is -2.36. The molecule has 1 aromatic rings. The number of hydrogen-bond donors (Lipinski definition) is 1. The summed E-state index contributed by atoms with van der Waals surface area (Å²) in [6.07, 6.45) is 1.50. The van der Waals surface area contributed by atoms with Crippen LogP contribution in [0.5, 0.6) is 0 Å². The molecule has 114 valence electrons. The van der Waals surface area contributed by atoms with E-state index >= 15 is 0 Å². The molecule has 0 aromatic carbocycles. The predicted molar refractivity (Wildman–Crippen MR) is 74.4 cm³/mol. The standard InChI is InChI=1S/C14H20N4O3/c1-3-21-14(20)13-10-7-18(8-11(10)17(2)16-13)6-9-4-5-12(19)15-9/h9H,3-8H2,1-2H3,(H,15,19)/t9-/m1/s1. The minimum atomic E-state index is -0.356. The highest BCUT2D eigenvalue weighted by atomic mass is 16.5. The van der Waals surface area contributed by atoms with Crippen LogP contribution < -0.4 is 5.32 Å². The molecule has 0 saturated carbocycles. The molecular weight excluding hydrogens is 272 g/mol. The molecule has 0 radical (unpaired) electrons. The molecule has 1 N–H and O–H groups in total. The molecule has 3 rings (SSSR count). The van der Waals surface area contributed by atoms with E-state index in [0.717, 1.165) is 30.8 Å². The van der Waals surface area contributed by atoms with Gasteiger partial charge in [-0.1, -0.05) is 0 Å². The maximum atomic E-state index is 11.9. The minimum Gasteiger partial charge on any atom is -0.461 e. The quantitative estimate of drug-likeness (QED) is 0.802. The van der Waals surface area contributed by atoms with Crippen LogP contribution in [0.1, 0.15) is 41.5 Å². The fourth-order valence-electron chi connectivity index (χ4n) is 3.08. The van der Waals surface area contributed by atoms with Crippen LogP contribution in [0.4, 0.5) is 0 Å². The molecule has 1 fully saturated rings. The number of carbonyl (C=O) groups excluding carboxylic acids is 2. The average molecular weight is 292 g/mol. The number of aromatic nitrogens is 2. The average Bonchev–Trinajstić information content (AvgIpc) is 3.09. The molecule has 0 spiro atoms. The SMILES string of the molecule is CCOC(=O)c1nn(C)c2c1CN(C[C@H]1CCC(=O)N1)C2. The zero-order valence-electron chi connectivity index (χ0n) is 12.4. The van der Waals surface area contributed by atoms with Crippen molar-refractivity contribution in [2.75, 3.05) is 13.2 Å². The van der Waals surface area contributed by atoms with Crippen LogP contribution in [0, 0.1) is 0 Å². The third-order valence-corrected chi connectivity index (χ3v) is 4.06. The molecule has 0 aliphatic carbocycles. The third-order valence-electron chi connectivity index (χ3n) is 4.06. The number of ether oxygens (including phenoxy) is 1. The van der Waals surface area contributed by atoms with Crippen molar-refractivity contribution in [3.63, 3.8) is 0 Å². The molecule has 1 aromatic heterocycles. The number of nitrogens with zero attached hydrogens (tertiary/aromatic N) is 3. The van der Waals surface area contributed by atoms with Gasteiger partial charge in [0.25, 0.3) is 0 Å². The summed E-state index contributed by atoms with van der Waals surface area (Å²) in [6.45, 7) is 4.38. The molecule has 2 aliphatic rings. The van der Waals surface area contributed by atoms with Gasteiger partial charge in [-0.15, -0.1) is 0 Å². The van der Waals surface area contributed by atoms with Crippen LogP contribution in [-0.4, -0.2) is 45.8 Å². The predicted octanol–water partition coefficient (Wildman–Crippen LogP) is 0.191. The van der Waals surface area contributed by atoms with Gasteiger partial charge in [-0.2, -0.15) is 5.10 Å². The van der Waals surface area contributed by atoms with Gasteiger partial charge in [-0.05, 0) is 13.3 Å². The Labute approximate surface area is 123 Å². The molecule has 21 heavy (non-hydrogen) atoms. The number of aryl methyl sites for hydroxylation is 1. The van der Waals surface area contributed by atoms with E-state index in [0.29, 0.717) is 25.3 Å². The van der Waals surface area contributed by atoms with Gasteiger partial charge in [-0.3, -0.25) is 14.4 Å². The topological polar surface area (TPSA) is 76.5 Å². The van der Waals surface area contributed by atoms with Gasteiger partial charge in [0.15, 0.2) is 5.69 Å². The van der Waals surface area contributed by atoms with Crippen LogP contribution >= 0.6 is 0 Å². The first-order valence-corrected chi connectivity index (χ1v) is 7.32. The molecular formula is C14H20N4O3. The van der Waals surface area contributed by atoms with Crippen molar-refractivity contribution in [1.29, 1.82) is 0 Å². The third kappa shape index (κ3) is 2.65. The van der Waals surface area contributed by atoms with Crippen LogP contribution in [0.2, 0.25) is 0 Å². The molecule has 1 amide bonds. The molecule has 7 heteroatoms. The van der Waals surface area contributed by atoms with Gasteiger partial charge in [0.1, 0.15) is 0 Å². The molecule has 3 heterocycles. The number of nitrogens with one attached hydrogen (secondary N) is 1. The maximum absolute atomic E-state index is 11.9. The summed E-state index contributed by atoms with van der Waals surface area (Å²) in [5.74, 6) is -0.226. The van der Waals surface area contributed by atoms with Crippen molar-refractivity contribution in [3.8, 4) is 0 Å². The van der Waals surface area contributed by atoms with Crippen molar-refractivity contribution in [2.24, 2.45) is 7.05 Å². The van der Waals surface area contributed by atoms with Gasteiger partial charge < -0.3 is 10.1 Å². The van der Waals surface area contributed by atoms with E-state index in [9.17, 15) is 9.59 Å². The van der Waals surface area contributed by atoms with Gasteiger partial charge in [0, 0.05) is 44.7 Å². The largest absolute Gasteiger partial charge is 0.461 e. The highest BCUT2D eigenvalue weighted by Gasteiger charge is 2.32. The normalized spacial score (nSPS) is 21.4. The van der Waals surface area contributed by atoms with Crippen molar-refractivity contribution < 1.29 is 14.3 Å². The lowest BCUT2D eigenvalue weighted by atomic mass is 10.2. The maximum Gasteiger partial charge on any atom is 0.359 e. The lowest BCUT2D eigenvalue weighted by Gasteiger charge is -2.20.